The minimum atomic E-state index is -1.21. The number of carboxylic acid groups (broad SMARTS) is 1. The number of ether oxygens (including phenoxy) is 2. The number of nitrogens with one attached hydrogen (secondary N) is 2. The summed E-state index contributed by atoms with van der Waals surface area (Å²) < 4.78 is 22.0. The van der Waals surface area contributed by atoms with E-state index in [1.54, 1.807) is 0 Å². The maximum atomic E-state index is 12.0. The van der Waals surface area contributed by atoms with E-state index in [-0.39, 0.29) is 30.1 Å². The Balaban J connectivity index is 2.86. The van der Waals surface area contributed by atoms with Gasteiger partial charge in [0.1, 0.15) is 0 Å². The molecule has 0 bridgehead atoms. The SMILES string of the molecule is CC(=O)N[C@H]1[C@H](C)[C@@H](C)[C@@H](CC(=N)OCF)O[C@H]1C(=O)O. The quantitative estimate of drug-likeness (QED) is 0.517. The van der Waals surface area contributed by atoms with Crippen LogP contribution >= 0.6 is 0 Å². The molecule has 8 heteroatoms. The summed E-state index contributed by atoms with van der Waals surface area (Å²) in [6, 6.07) is -0.650. The molecular formula is C13H21FN2O5. The summed E-state index contributed by atoms with van der Waals surface area (Å²) in [6.07, 6.45) is -1.79. The lowest BCUT2D eigenvalue weighted by molar-refractivity contribution is -0.173. The Hall–Kier alpha value is -1.70. The standard InChI is InChI=1S/C13H21FN2O5/c1-6-7(2)11(16-8(3)17)12(13(18)19)21-9(6)4-10(15)20-5-14/h6-7,9,11-12,15H,4-5H2,1-3H3,(H,16,17)(H,18,19)/t6-,7-,9-,11+,12-/m1/s1. The lowest BCUT2D eigenvalue weighted by Gasteiger charge is -2.43. The Morgan fingerprint density at radius 1 is 1.38 bits per heavy atom. The van der Waals surface area contributed by atoms with Gasteiger partial charge in [-0.15, -0.1) is 0 Å². The Morgan fingerprint density at radius 3 is 2.48 bits per heavy atom. The number of alkyl halides is 1. The third-order valence-corrected chi connectivity index (χ3v) is 3.86. The number of carbonyl (C=O) groups excluding carboxylic acids is 1. The Bertz CT molecular complexity index is 417. The number of rotatable bonds is 5. The summed E-state index contributed by atoms with van der Waals surface area (Å²) in [4.78, 5) is 22.6. The summed E-state index contributed by atoms with van der Waals surface area (Å²) in [7, 11) is 0. The van der Waals surface area contributed by atoms with E-state index in [2.05, 4.69) is 10.1 Å². The van der Waals surface area contributed by atoms with E-state index in [4.69, 9.17) is 10.1 Å². The largest absolute Gasteiger partial charge is 0.479 e. The van der Waals surface area contributed by atoms with E-state index in [1.807, 2.05) is 13.8 Å². The molecule has 3 N–H and O–H groups in total. The van der Waals surface area contributed by atoms with Crippen molar-refractivity contribution < 1.29 is 28.6 Å². The zero-order valence-corrected chi connectivity index (χ0v) is 12.3. The summed E-state index contributed by atoms with van der Waals surface area (Å²) in [5.41, 5.74) is 0. The van der Waals surface area contributed by atoms with Crippen LogP contribution in [-0.2, 0) is 19.1 Å². The van der Waals surface area contributed by atoms with Crippen LogP contribution in [0.1, 0.15) is 27.2 Å². The van der Waals surface area contributed by atoms with Crippen molar-refractivity contribution >= 4 is 17.8 Å². The van der Waals surface area contributed by atoms with E-state index in [0.717, 1.165) is 0 Å². The van der Waals surface area contributed by atoms with Gasteiger partial charge in [-0.2, -0.15) is 0 Å². The molecule has 1 saturated heterocycles. The molecule has 0 unspecified atom stereocenters. The minimum Gasteiger partial charge on any atom is -0.479 e. The van der Waals surface area contributed by atoms with Crippen LogP contribution in [0.15, 0.2) is 0 Å². The van der Waals surface area contributed by atoms with Crippen LogP contribution in [0.4, 0.5) is 4.39 Å². The van der Waals surface area contributed by atoms with E-state index in [1.165, 1.54) is 6.92 Å². The summed E-state index contributed by atoms with van der Waals surface area (Å²) >= 11 is 0. The second-order valence-corrected chi connectivity index (χ2v) is 5.26. The highest BCUT2D eigenvalue weighted by Crippen LogP contribution is 2.32. The molecule has 1 fully saturated rings. The Labute approximate surface area is 122 Å². The second-order valence-electron chi connectivity index (χ2n) is 5.26. The van der Waals surface area contributed by atoms with Gasteiger partial charge in [-0.05, 0) is 11.8 Å². The van der Waals surface area contributed by atoms with Gasteiger partial charge in [0.2, 0.25) is 12.8 Å². The van der Waals surface area contributed by atoms with Crippen molar-refractivity contribution in [1.82, 2.24) is 5.32 Å². The number of halogens is 1. The van der Waals surface area contributed by atoms with E-state index in [0.29, 0.717) is 0 Å². The van der Waals surface area contributed by atoms with Gasteiger partial charge in [0, 0.05) is 13.3 Å². The zero-order chi connectivity index (χ0) is 16.2. The topological polar surface area (TPSA) is 109 Å². The van der Waals surface area contributed by atoms with Crippen molar-refractivity contribution in [2.75, 3.05) is 6.86 Å². The van der Waals surface area contributed by atoms with E-state index in [9.17, 15) is 19.1 Å². The third kappa shape index (κ3) is 4.38. The zero-order valence-electron chi connectivity index (χ0n) is 12.3. The average Bonchev–Trinajstić information content (AvgIpc) is 2.37. The van der Waals surface area contributed by atoms with Gasteiger partial charge >= 0.3 is 5.97 Å². The van der Waals surface area contributed by atoms with Crippen LogP contribution in [0.3, 0.4) is 0 Å². The first kappa shape index (κ1) is 17.4. The maximum Gasteiger partial charge on any atom is 0.335 e. The molecule has 1 rings (SSSR count). The highest BCUT2D eigenvalue weighted by Gasteiger charge is 2.45. The molecule has 0 aromatic rings. The van der Waals surface area contributed by atoms with Gasteiger partial charge in [0.25, 0.3) is 0 Å². The van der Waals surface area contributed by atoms with Crippen molar-refractivity contribution in [3.05, 3.63) is 0 Å². The molecule has 0 aromatic heterocycles. The molecule has 21 heavy (non-hydrogen) atoms. The van der Waals surface area contributed by atoms with Gasteiger partial charge in [0.05, 0.1) is 12.1 Å². The predicted octanol–water partition coefficient (Wildman–Crippen LogP) is 0.926. The molecular weight excluding hydrogens is 283 g/mol. The molecule has 1 amide bonds. The molecule has 1 heterocycles. The van der Waals surface area contributed by atoms with Crippen molar-refractivity contribution in [2.24, 2.45) is 11.8 Å². The highest BCUT2D eigenvalue weighted by atomic mass is 19.1. The highest BCUT2D eigenvalue weighted by molar-refractivity contribution is 5.78. The van der Waals surface area contributed by atoms with Gasteiger partial charge in [-0.25, -0.2) is 9.18 Å². The third-order valence-electron chi connectivity index (χ3n) is 3.86. The van der Waals surface area contributed by atoms with Crippen LogP contribution in [0.2, 0.25) is 0 Å². The van der Waals surface area contributed by atoms with Gasteiger partial charge in [-0.3, -0.25) is 10.2 Å². The smallest absolute Gasteiger partial charge is 0.335 e. The van der Waals surface area contributed by atoms with Crippen LogP contribution in [0.5, 0.6) is 0 Å². The molecule has 1 aliphatic heterocycles. The Kier molecular flexibility index (Phi) is 6.07. The van der Waals surface area contributed by atoms with E-state index >= 15 is 0 Å². The van der Waals surface area contributed by atoms with Crippen LogP contribution in [-0.4, -0.2) is 48.0 Å². The van der Waals surface area contributed by atoms with Crippen molar-refractivity contribution in [3.8, 4) is 0 Å². The van der Waals surface area contributed by atoms with Gasteiger partial charge < -0.3 is 19.9 Å². The fraction of sp³-hybridized carbons (Fsp3) is 0.769. The van der Waals surface area contributed by atoms with Crippen molar-refractivity contribution in [3.63, 3.8) is 0 Å². The molecule has 1 aliphatic rings. The summed E-state index contributed by atoms with van der Waals surface area (Å²) in [5, 5.41) is 19.3. The first-order chi connectivity index (χ1) is 9.77. The first-order valence-electron chi connectivity index (χ1n) is 6.69. The lowest BCUT2D eigenvalue weighted by atomic mass is 9.78. The molecule has 0 radical (unpaired) electrons. The van der Waals surface area contributed by atoms with Gasteiger partial charge in [0.15, 0.2) is 12.0 Å². The molecule has 0 spiro atoms. The summed E-state index contributed by atoms with van der Waals surface area (Å²) in [5.74, 6) is -2.10. The molecule has 120 valence electrons. The average molecular weight is 304 g/mol. The number of carbonyl (C=O) groups is 2. The number of aliphatic carboxylic acids is 1. The van der Waals surface area contributed by atoms with Crippen LogP contribution in [0, 0.1) is 17.2 Å². The van der Waals surface area contributed by atoms with Gasteiger partial charge in [-0.1, -0.05) is 13.8 Å². The normalized spacial score (nSPS) is 32.3. The summed E-state index contributed by atoms with van der Waals surface area (Å²) in [6.45, 7) is 3.86. The minimum absolute atomic E-state index is 0.00794. The molecule has 0 aliphatic carbocycles. The van der Waals surface area contributed by atoms with E-state index < -0.39 is 31.1 Å². The number of hydrogen-bond donors (Lipinski definition) is 3. The van der Waals surface area contributed by atoms with Crippen LogP contribution in [0.25, 0.3) is 0 Å². The lowest BCUT2D eigenvalue weighted by Crippen LogP contribution is -2.59. The number of amides is 1. The fourth-order valence-electron chi connectivity index (χ4n) is 2.53. The molecule has 0 aromatic carbocycles. The number of hydrogen-bond acceptors (Lipinski definition) is 5. The molecule has 7 nitrogen and oxygen atoms in total. The first-order valence-corrected chi connectivity index (χ1v) is 6.69. The number of carboxylic acids is 1. The van der Waals surface area contributed by atoms with Crippen molar-refractivity contribution in [1.29, 1.82) is 5.41 Å². The predicted molar refractivity (Wildman–Crippen MR) is 71.6 cm³/mol. The van der Waals surface area contributed by atoms with Crippen LogP contribution < -0.4 is 5.32 Å². The molecule has 5 atom stereocenters. The van der Waals surface area contributed by atoms with Crippen molar-refractivity contribution in [2.45, 2.75) is 45.4 Å². The monoisotopic (exact) mass is 304 g/mol. The Morgan fingerprint density at radius 2 is 2.00 bits per heavy atom. The fourth-order valence-corrected chi connectivity index (χ4v) is 2.53. The maximum absolute atomic E-state index is 12.0. The second kappa shape index (κ2) is 7.35. The molecule has 0 saturated carbocycles.